The van der Waals surface area contributed by atoms with E-state index in [0.29, 0.717) is 19.4 Å². The van der Waals surface area contributed by atoms with E-state index in [0.717, 1.165) is 10.6 Å². The molecule has 19 heavy (non-hydrogen) atoms. The van der Waals surface area contributed by atoms with Gasteiger partial charge in [0.15, 0.2) is 0 Å². The van der Waals surface area contributed by atoms with Crippen LogP contribution in [0.3, 0.4) is 0 Å². The van der Waals surface area contributed by atoms with Gasteiger partial charge in [0.2, 0.25) is 5.91 Å². The van der Waals surface area contributed by atoms with Gasteiger partial charge in [-0.25, -0.2) is 0 Å². The Balaban J connectivity index is 2.39. The number of hydrogen-bond donors (Lipinski definition) is 1. The van der Waals surface area contributed by atoms with Crippen molar-refractivity contribution in [2.75, 3.05) is 20.6 Å². The van der Waals surface area contributed by atoms with Crippen molar-refractivity contribution in [3.05, 3.63) is 34.9 Å². The number of likely N-dealkylation sites (N-methyl/N-ethyl adjacent to an activating group) is 1. The molecule has 0 heterocycles. The van der Waals surface area contributed by atoms with E-state index in [1.165, 1.54) is 0 Å². The van der Waals surface area contributed by atoms with Gasteiger partial charge in [-0.05, 0) is 46.0 Å². The molecule has 0 aliphatic rings. The SMILES string of the molecule is CN(C)C(C)(C)CNC(=O)CCc1ccccc1Cl. The number of halogens is 1. The Hall–Kier alpha value is -1.06. The summed E-state index contributed by atoms with van der Waals surface area (Å²) < 4.78 is 0. The zero-order valence-electron chi connectivity index (χ0n) is 12.2. The van der Waals surface area contributed by atoms with Gasteiger partial charge in [0, 0.05) is 23.5 Å². The monoisotopic (exact) mass is 282 g/mol. The zero-order valence-corrected chi connectivity index (χ0v) is 12.9. The fourth-order valence-corrected chi connectivity index (χ4v) is 1.74. The first kappa shape index (κ1) is 16.0. The van der Waals surface area contributed by atoms with Gasteiger partial charge in [-0.3, -0.25) is 4.79 Å². The molecule has 0 aliphatic carbocycles. The van der Waals surface area contributed by atoms with Gasteiger partial charge in [-0.1, -0.05) is 29.8 Å². The third-order valence-corrected chi connectivity index (χ3v) is 3.88. The lowest BCUT2D eigenvalue weighted by atomic mass is 10.0. The highest BCUT2D eigenvalue weighted by Crippen LogP contribution is 2.16. The third kappa shape index (κ3) is 5.21. The van der Waals surface area contributed by atoms with Gasteiger partial charge in [-0.2, -0.15) is 0 Å². The summed E-state index contributed by atoms with van der Waals surface area (Å²) in [5.41, 5.74) is 0.978. The predicted molar refractivity (Wildman–Crippen MR) is 80.5 cm³/mol. The average molecular weight is 283 g/mol. The Morgan fingerprint density at radius 1 is 1.32 bits per heavy atom. The molecule has 4 heteroatoms. The van der Waals surface area contributed by atoms with Crippen LogP contribution in [0.4, 0.5) is 0 Å². The van der Waals surface area contributed by atoms with E-state index in [2.05, 4.69) is 24.1 Å². The zero-order chi connectivity index (χ0) is 14.5. The summed E-state index contributed by atoms with van der Waals surface area (Å²) in [6.07, 6.45) is 1.14. The summed E-state index contributed by atoms with van der Waals surface area (Å²) in [5.74, 6) is 0.0647. The lowest BCUT2D eigenvalue weighted by molar-refractivity contribution is -0.121. The van der Waals surface area contributed by atoms with Crippen LogP contribution in [0.1, 0.15) is 25.8 Å². The van der Waals surface area contributed by atoms with Gasteiger partial charge in [0.1, 0.15) is 0 Å². The van der Waals surface area contributed by atoms with Crippen LogP contribution >= 0.6 is 11.6 Å². The van der Waals surface area contributed by atoms with Crippen LogP contribution in [-0.4, -0.2) is 37.0 Å². The number of nitrogens with one attached hydrogen (secondary N) is 1. The topological polar surface area (TPSA) is 32.3 Å². The Bertz CT molecular complexity index is 430. The van der Waals surface area contributed by atoms with E-state index in [9.17, 15) is 4.79 Å². The minimum Gasteiger partial charge on any atom is -0.354 e. The maximum absolute atomic E-state index is 11.8. The molecule has 0 bridgehead atoms. The first-order chi connectivity index (χ1) is 8.83. The maximum atomic E-state index is 11.8. The lowest BCUT2D eigenvalue weighted by Gasteiger charge is -2.32. The first-order valence-corrected chi connectivity index (χ1v) is 6.88. The van der Waals surface area contributed by atoms with E-state index < -0.39 is 0 Å². The van der Waals surface area contributed by atoms with Gasteiger partial charge < -0.3 is 10.2 Å². The summed E-state index contributed by atoms with van der Waals surface area (Å²) in [5, 5.41) is 3.70. The highest BCUT2D eigenvalue weighted by atomic mass is 35.5. The van der Waals surface area contributed by atoms with E-state index >= 15 is 0 Å². The summed E-state index contributed by atoms with van der Waals surface area (Å²) in [6.45, 7) is 4.84. The van der Waals surface area contributed by atoms with Crippen LogP contribution in [0.2, 0.25) is 5.02 Å². The minimum absolute atomic E-state index is 0.0416. The Morgan fingerprint density at radius 3 is 2.53 bits per heavy atom. The van der Waals surface area contributed by atoms with Crippen molar-refractivity contribution in [2.24, 2.45) is 0 Å². The number of amides is 1. The highest BCUT2D eigenvalue weighted by molar-refractivity contribution is 6.31. The molecule has 1 amide bonds. The normalized spacial score (nSPS) is 11.7. The van der Waals surface area contributed by atoms with E-state index in [1.807, 2.05) is 38.4 Å². The van der Waals surface area contributed by atoms with Gasteiger partial charge in [-0.15, -0.1) is 0 Å². The third-order valence-electron chi connectivity index (χ3n) is 3.51. The number of carbonyl (C=O) groups is 1. The van der Waals surface area contributed by atoms with Crippen molar-refractivity contribution in [3.8, 4) is 0 Å². The molecule has 3 nitrogen and oxygen atoms in total. The van der Waals surface area contributed by atoms with Crippen LogP contribution < -0.4 is 5.32 Å². The molecule has 0 spiro atoms. The van der Waals surface area contributed by atoms with Crippen molar-refractivity contribution in [1.29, 1.82) is 0 Å². The van der Waals surface area contributed by atoms with Crippen LogP contribution in [0, 0.1) is 0 Å². The molecule has 0 atom stereocenters. The van der Waals surface area contributed by atoms with Crippen LogP contribution in [0.5, 0.6) is 0 Å². The molecular formula is C15H23ClN2O. The van der Waals surface area contributed by atoms with Crippen LogP contribution in [-0.2, 0) is 11.2 Å². The fourth-order valence-electron chi connectivity index (χ4n) is 1.51. The molecule has 0 fully saturated rings. The Kier molecular flexibility index (Phi) is 5.83. The van der Waals surface area contributed by atoms with E-state index in [1.54, 1.807) is 0 Å². The molecule has 0 saturated heterocycles. The summed E-state index contributed by atoms with van der Waals surface area (Å²) >= 11 is 6.06. The number of hydrogen-bond acceptors (Lipinski definition) is 2. The van der Waals surface area contributed by atoms with Crippen LogP contribution in [0.25, 0.3) is 0 Å². The first-order valence-electron chi connectivity index (χ1n) is 6.50. The lowest BCUT2D eigenvalue weighted by Crippen LogP contribution is -2.48. The number of rotatable bonds is 6. The molecule has 1 N–H and O–H groups in total. The van der Waals surface area contributed by atoms with Crippen molar-refractivity contribution >= 4 is 17.5 Å². The van der Waals surface area contributed by atoms with Gasteiger partial charge in [0.25, 0.3) is 0 Å². The molecule has 0 radical (unpaired) electrons. The number of benzene rings is 1. The Labute approximate surface area is 120 Å². The van der Waals surface area contributed by atoms with E-state index in [4.69, 9.17) is 11.6 Å². The number of aryl methyl sites for hydroxylation is 1. The summed E-state index contributed by atoms with van der Waals surface area (Å²) in [4.78, 5) is 13.9. The molecular weight excluding hydrogens is 260 g/mol. The number of carbonyl (C=O) groups excluding carboxylic acids is 1. The minimum atomic E-state index is -0.0416. The van der Waals surface area contributed by atoms with Crippen LogP contribution in [0.15, 0.2) is 24.3 Å². The second-order valence-corrected chi connectivity index (χ2v) is 5.98. The predicted octanol–water partition coefficient (Wildman–Crippen LogP) is 2.73. The molecule has 0 saturated carbocycles. The standard InChI is InChI=1S/C15H23ClN2O/c1-15(2,18(3)4)11-17-14(19)10-9-12-7-5-6-8-13(12)16/h5-8H,9-11H2,1-4H3,(H,17,19). The van der Waals surface area contributed by atoms with Crippen molar-refractivity contribution in [2.45, 2.75) is 32.2 Å². The summed E-state index contributed by atoms with van der Waals surface area (Å²) in [6, 6.07) is 7.64. The fraction of sp³-hybridized carbons (Fsp3) is 0.533. The number of nitrogens with zero attached hydrogens (tertiary/aromatic N) is 1. The average Bonchev–Trinajstić information content (AvgIpc) is 2.35. The molecule has 0 unspecified atom stereocenters. The maximum Gasteiger partial charge on any atom is 0.220 e. The molecule has 0 aliphatic heterocycles. The smallest absolute Gasteiger partial charge is 0.220 e. The van der Waals surface area contributed by atoms with Crippen molar-refractivity contribution in [1.82, 2.24) is 10.2 Å². The van der Waals surface area contributed by atoms with Gasteiger partial charge in [0.05, 0.1) is 0 Å². The van der Waals surface area contributed by atoms with Crippen molar-refractivity contribution < 1.29 is 4.79 Å². The molecule has 0 aromatic heterocycles. The second kappa shape index (κ2) is 6.92. The second-order valence-electron chi connectivity index (χ2n) is 5.58. The van der Waals surface area contributed by atoms with Crippen molar-refractivity contribution in [3.63, 3.8) is 0 Å². The van der Waals surface area contributed by atoms with E-state index in [-0.39, 0.29) is 11.4 Å². The molecule has 1 rings (SSSR count). The molecule has 1 aromatic carbocycles. The Morgan fingerprint density at radius 2 is 1.95 bits per heavy atom. The van der Waals surface area contributed by atoms with Gasteiger partial charge >= 0.3 is 0 Å². The quantitative estimate of drug-likeness (QED) is 0.870. The highest BCUT2D eigenvalue weighted by Gasteiger charge is 2.20. The largest absolute Gasteiger partial charge is 0.354 e. The molecule has 106 valence electrons. The summed E-state index contributed by atoms with van der Waals surface area (Å²) in [7, 11) is 4.02. The molecule has 1 aromatic rings.